The van der Waals surface area contributed by atoms with Gasteiger partial charge in [-0.1, -0.05) is 17.2 Å². The van der Waals surface area contributed by atoms with Crippen LogP contribution in [0.4, 0.5) is 11.7 Å². The summed E-state index contributed by atoms with van der Waals surface area (Å²) < 4.78 is 6.89. The van der Waals surface area contributed by atoms with Crippen molar-refractivity contribution in [1.82, 2.24) is 20.0 Å². The molecule has 0 aliphatic heterocycles. The van der Waals surface area contributed by atoms with Crippen molar-refractivity contribution in [3.63, 3.8) is 0 Å². The van der Waals surface area contributed by atoms with Crippen LogP contribution in [0, 0.1) is 10.1 Å². The van der Waals surface area contributed by atoms with E-state index >= 15 is 0 Å². The zero-order chi connectivity index (χ0) is 17.8. The van der Waals surface area contributed by atoms with Gasteiger partial charge < -0.3 is 4.42 Å². The highest BCUT2D eigenvalue weighted by Gasteiger charge is 2.12. The number of nitro benzene ring substituents is 1. The Bertz CT molecular complexity index is 958. The third-order valence-electron chi connectivity index (χ3n) is 3.10. The molecule has 10 nitrogen and oxygen atoms in total. The first-order chi connectivity index (χ1) is 12.0. The highest BCUT2D eigenvalue weighted by atomic mass is 16.6. The van der Waals surface area contributed by atoms with E-state index in [9.17, 15) is 14.9 Å². The topological polar surface area (TPSA) is 129 Å². The van der Waals surface area contributed by atoms with Crippen molar-refractivity contribution in [3.8, 4) is 11.6 Å². The number of nitrogens with one attached hydrogen (secondary N) is 1. The zero-order valence-electron chi connectivity index (χ0n) is 13.0. The van der Waals surface area contributed by atoms with Crippen LogP contribution >= 0.6 is 0 Å². The van der Waals surface area contributed by atoms with Gasteiger partial charge in [0.1, 0.15) is 5.69 Å². The van der Waals surface area contributed by atoms with Gasteiger partial charge in [-0.15, -0.1) is 5.10 Å². The normalized spacial score (nSPS) is 10.9. The minimum absolute atomic E-state index is 0.0561. The molecule has 0 atom stereocenters. The fourth-order valence-corrected chi connectivity index (χ4v) is 1.97. The summed E-state index contributed by atoms with van der Waals surface area (Å²) in [5.41, 5.74) is 0.950. The molecule has 1 amide bonds. The summed E-state index contributed by atoms with van der Waals surface area (Å²) >= 11 is 0. The lowest BCUT2D eigenvalue weighted by Crippen LogP contribution is -2.07. The number of hydrogen-bond donors (Lipinski definition) is 1. The van der Waals surface area contributed by atoms with Gasteiger partial charge in [0, 0.05) is 31.5 Å². The molecule has 0 spiro atoms. The van der Waals surface area contributed by atoms with E-state index in [1.807, 2.05) is 0 Å². The Balaban J connectivity index is 1.66. The van der Waals surface area contributed by atoms with E-state index in [-0.39, 0.29) is 17.6 Å². The van der Waals surface area contributed by atoms with Gasteiger partial charge in [0.2, 0.25) is 0 Å². The fraction of sp³-hybridized carbons (Fsp3) is 0.0667. The molecule has 0 bridgehead atoms. The first kappa shape index (κ1) is 16.1. The molecule has 0 saturated heterocycles. The van der Waals surface area contributed by atoms with Gasteiger partial charge in [0.25, 0.3) is 17.5 Å². The maximum absolute atomic E-state index is 11.9. The van der Waals surface area contributed by atoms with Crippen LogP contribution in [0.25, 0.3) is 17.7 Å². The molecule has 0 radical (unpaired) electrons. The van der Waals surface area contributed by atoms with Crippen LogP contribution in [-0.2, 0) is 11.8 Å². The van der Waals surface area contributed by atoms with Crippen LogP contribution < -0.4 is 5.32 Å². The van der Waals surface area contributed by atoms with E-state index in [0.717, 1.165) is 0 Å². The van der Waals surface area contributed by atoms with Gasteiger partial charge in [0.05, 0.1) is 4.92 Å². The van der Waals surface area contributed by atoms with Crippen molar-refractivity contribution in [3.05, 3.63) is 58.3 Å². The molecule has 126 valence electrons. The summed E-state index contributed by atoms with van der Waals surface area (Å²) in [6.45, 7) is 0. The van der Waals surface area contributed by atoms with Crippen molar-refractivity contribution in [2.45, 2.75) is 0 Å². The Labute approximate surface area is 140 Å². The second kappa shape index (κ2) is 6.74. The molecule has 2 heterocycles. The summed E-state index contributed by atoms with van der Waals surface area (Å²) in [7, 11) is 1.75. The number of aromatic nitrogens is 4. The number of non-ortho nitro benzene ring substituents is 1. The lowest BCUT2D eigenvalue weighted by molar-refractivity contribution is -0.384. The van der Waals surface area contributed by atoms with E-state index in [1.54, 1.807) is 30.1 Å². The van der Waals surface area contributed by atoms with Gasteiger partial charge in [-0.3, -0.25) is 24.9 Å². The van der Waals surface area contributed by atoms with Gasteiger partial charge >= 0.3 is 6.01 Å². The largest absolute Gasteiger partial charge is 0.401 e. The minimum Gasteiger partial charge on any atom is -0.401 e. The predicted octanol–water partition coefficient (Wildman–Crippen LogP) is 2.03. The molecule has 0 aliphatic rings. The molecule has 0 fully saturated rings. The molecule has 1 N–H and O–H groups in total. The molecule has 3 rings (SSSR count). The lowest BCUT2D eigenvalue weighted by Gasteiger charge is -1.95. The SMILES string of the molecule is Cn1ccc(-c2nnc(NC(=O)/C=C/c3cccc([N+](=O)[O-])c3)o2)n1. The molecular formula is C15H12N6O4. The summed E-state index contributed by atoms with van der Waals surface area (Å²) in [6.07, 6.45) is 4.38. The average molecular weight is 340 g/mol. The number of benzene rings is 1. The molecule has 0 aliphatic carbocycles. The van der Waals surface area contributed by atoms with E-state index in [1.165, 1.54) is 30.4 Å². The Hall–Kier alpha value is -3.82. The monoisotopic (exact) mass is 340 g/mol. The van der Waals surface area contributed by atoms with Crippen LogP contribution in [-0.4, -0.2) is 30.8 Å². The Morgan fingerprint density at radius 3 is 2.92 bits per heavy atom. The second-order valence-electron chi connectivity index (χ2n) is 4.96. The molecule has 3 aromatic rings. The number of rotatable bonds is 5. The fourth-order valence-electron chi connectivity index (χ4n) is 1.97. The first-order valence-electron chi connectivity index (χ1n) is 7.08. The van der Waals surface area contributed by atoms with Crippen LogP contribution in [0.5, 0.6) is 0 Å². The molecule has 0 unspecified atom stereocenters. The number of carbonyl (C=O) groups is 1. The van der Waals surface area contributed by atoms with Crippen LogP contribution in [0.2, 0.25) is 0 Å². The summed E-state index contributed by atoms with van der Waals surface area (Å²) in [6, 6.07) is 7.52. The Kier molecular flexibility index (Phi) is 4.33. The van der Waals surface area contributed by atoms with Gasteiger partial charge in [-0.05, 0) is 17.7 Å². The summed E-state index contributed by atoms with van der Waals surface area (Å²) in [4.78, 5) is 22.1. The quantitative estimate of drug-likeness (QED) is 0.427. The van der Waals surface area contributed by atoms with E-state index in [0.29, 0.717) is 11.3 Å². The number of amides is 1. The van der Waals surface area contributed by atoms with Crippen LogP contribution in [0.15, 0.2) is 47.0 Å². The molecule has 25 heavy (non-hydrogen) atoms. The molecule has 0 saturated carbocycles. The average Bonchev–Trinajstić information content (AvgIpc) is 3.22. The molecule has 10 heteroatoms. The summed E-state index contributed by atoms with van der Waals surface area (Å²) in [5.74, 6) is -0.332. The number of carbonyl (C=O) groups excluding carboxylic acids is 1. The van der Waals surface area contributed by atoms with Crippen molar-refractivity contribution < 1.29 is 14.1 Å². The Morgan fingerprint density at radius 2 is 2.20 bits per heavy atom. The van der Waals surface area contributed by atoms with Crippen molar-refractivity contribution in [2.24, 2.45) is 7.05 Å². The number of nitrogens with zero attached hydrogens (tertiary/aromatic N) is 5. The first-order valence-corrected chi connectivity index (χ1v) is 7.08. The summed E-state index contributed by atoms with van der Waals surface area (Å²) in [5, 5.41) is 24.8. The van der Waals surface area contributed by atoms with E-state index < -0.39 is 10.8 Å². The second-order valence-corrected chi connectivity index (χ2v) is 4.96. The van der Waals surface area contributed by atoms with Crippen molar-refractivity contribution >= 4 is 23.7 Å². The van der Waals surface area contributed by atoms with Crippen LogP contribution in [0.1, 0.15) is 5.56 Å². The van der Waals surface area contributed by atoms with Gasteiger partial charge in [-0.2, -0.15) is 5.10 Å². The number of hydrogen-bond acceptors (Lipinski definition) is 7. The molecular weight excluding hydrogens is 328 g/mol. The van der Waals surface area contributed by atoms with Crippen molar-refractivity contribution in [1.29, 1.82) is 0 Å². The number of nitro groups is 1. The minimum atomic E-state index is -0.511. The zero-order valence-corrected chi connectivity index (χ0v) is 13.0. The lowest BCUT2D eigenvalue weighted by atomic mass is 10.2. The highest BCUT2D eigenvalue weighted by molar-refractivity contribution is 6.00. The van der Waals surface area contributed by atoms with Gasteiger partial charge in [-0.25, -0.2) is 0 Å². The van der Waals surface area contributed by atoms with Crippen LogP contribution in [0.3, 0.4) is 0 Å². The van der Waals surface area contributed by atoms with Crippen molar-refractivity contribution in [2.75, 3.05) is 5.32 Å². The molecule has 2 aromatic heterocycles. The maximum Gasteiger partial charge on any atom is 0.322 e. The maximum atomic E-state index is 11.9. The third-order valence-corrected chi connectivity index (χ3v) is 3.10. The highest BCUT2D eigenvalue weighted by Crippen LogP contribution is 2.17. The number of aryl methyl sites for hydroxylation is 1. The standard InChI is InChI=1S/C15H12N6O4/c1-20-8-7-12(19-20)14-17-18-15(25-14)16-13(22)6-5-10-3-2-4-11(9-10)21(23)24/h2-9H,1H3,(H,16,18,22)/b6-5+. The molecule has 1 aromatic carbocycles. The van der Waals surface area contributed by atoms with Gasteiger partial charge in [0.15, 0.2) is 0 Å². The Morgan fingerprint density at radius 1 is 1.36 bits per heavy atom. The van der Waals surface area contributed by atoms with E-state index in [2.05, 4.69) is 20.6 Å². The number of anilines is 1. The smallest absolute Gasteiger partial charge is 0.322 e. The third kappa shape index (κ3) is 3.93. The predicted molar refractivity (Wildman–Crippen MR) is 87.3 cm³/mol. The van der Waals surface area contributed by atoms with E-state index in [4.69, 9.17) is 4.42 Å².